The highest BCUT2D eigenvalue weighted by Gasteiger charge is 2.19. The van der Waals surface area contributed by atoms with Crippen molar-refractivity contribution in [2.75, 3.05) is 4.72 Å². The second-order valence-electron chi connectivity index (χ2n) is 3.66. The van der Waals surface area contributed by atoms with E-state index in [0.29, 0.717) is 0 Å². The number of carboxylic acid groups (broad SMARTS) is 1. The summed E-state index contributed by atoms with van der Waals surface area (Å²) in [5, 5.41) is 18.5. The summed E-state index contributed by atoms with van der Waals surface area (Å²) in [5.74, 6) is -1.98. The number of carboxylic acids is 1. The Bertz CT molecular complexity index is 707. The molecule has 2 rings (SSSR count). The predicted octanol–water partition coefficient (Wildman–Crippen LogP) is 1.22. The molecule has 0 aliphatic rings. The van der Waals surface area contributed by atoms with E-state index >= 15 is 0 Å². The van der Waals surface area contributed by atoms with Crippen LogP contribution in [0.2, 0.25) is 0 Å². The van der Waals surface area contributed by atoms with Crippen molar-refractivity contribution in [3.8, 4) is 5.75 Å². The molecule has 0 unspecified atom stereocenters. The van der Waals surface area contributed by atoms with E-state index in [1.807, 2.05) is 0 Å². The van der Waals surface area contributed by atoms with Gasteiger partial charge in [0.2, 0.25) is 0 Å². The van der Waals surface area contributed by atoms with Gasteiger partial charge in [-0.2, -0.15) is 0 Å². The Kier molecular flexibility index (Phi) is 3.17. The standard InChI is InChI=1S/C11H10N2O5S/c14-10-8(11(15)16)2-1-3-9(10)13-19(17,18)7-4-5-12-6-7/h1-6,12-14H,(H,15,16). The summed E-state index contributed by atoms with van der Waals surface area (Å²) in [6.07, 6.45) is 2.70. The van der Waals surface area contributed by atoms with Gasteiger partial charge in [-0.05, 0) is 18.2 Å². The average Bonchev–Trinajstić information content (AvgIpc) is 2.85. The van der Waals surface area contributed by atoms with Crippen LogP contribution >= 0.6 is 0 Å². The summed E-state index contributed by atoms with van der Waals surface area (Å²) in [4.78, 5) is 13.4. The Morgan fingerprint density at radius 2 is 2.00 bits per heavy atom. The highest BCUT2D eigenvalue weighted by Crippen LogP contribution is 2.29. The van der Waals surface area contributed by atoms with Gasteiger partial charge in [0.05, 0.1) is 5.69 Å². The van der Waals surface area contributed by atoms with Crippen LogP contribution in [-0.4, -0.2) is 29.6 Å². The van der Waals surface area contributed by atoms with Gasteiger partial charge in [0.15, 0.2) is 5.75 Å². The SMILES string of the molecule is O=C(O)c1cccc(NS(=O)(=O)c2cc[nH]c2)c1O. The van der Waals surface area contributed by atoms with Crippen LogP contribution < -0.4 is 4.72 Å². The van der Waals surface area contributed by atoms with E-state index < -0.39 is 21.7 Å². The van der Waals surface area contributed by atoms with E-state index in [4.69, 9.17) is 5.11 Å². The van der Waals surface area contributed by atoms with Gasteiger partial charge in [-0.1, -0.05) is 6.07 Å². The molecule has 0 saturated heterocycles. The minimum atomic E-state index is -3.87. The van der Waals surface area contributed by atoms with Gasteiger partial charge in [-0.3, -0.25) is 4.72 Å². The molecule has 0 aliphatic carbocycles. The number of hydrogen-bond donors (Lipinski definition) is 4. The lowest BCUT2D eigenvalue weighted by Gasteiger charge is -2.09. The van der Waals surface area contributed by atoms with Crippen molar-refractivity contribution >= 4 is 21.7 Å². The fraction of sp³-hybridized carbons (Fsp3) is 0. The maximum atomic E-state index is 11.9. The maximum absolute atomic E-state index is 11.9. The molecule has 0 radical (unpaired) electrons. The Hall–Kier alpha value is -2.48. The van der Waals surface area contributed by atoms with E-state index in [1.54, 1.807) is 0 Å². The van der Waals surface area contributed by atoms with Gasteiger partial charge in [0.25, 0.3) is 10.0 Å². The predicted molar refractivity (Wildman–Crippen MR) is 66.7 cm³/mol. The summed E-state index contributed by atoms with van der Waals surface area (Å²) in [6.45, 7) is 0. The van der Waals surface area contributed by atoms with E-state index in [1.165, 1.54) is 36.7 Å². The van der Waals surface area contributed by atoms with Gasteiger partial charge in [-0.15, -0.1) is 0 Å². The Morgan fingerprint density at radius 3 is 2.58 bits per heavy atom. The lowest BCUT2D eigenvalue weighted by atomic mass is 10.2. The van der Waals surface area contributed by atoms with Gasteiger partial charge in [0.1, 0.15) is 10.5 Å². The quantitative estimate of drug-likeness (QED) is 0.628. The minimum absolute atomic E-state index is 0.0207. The summed E-state index contributed by atoms with van der Waals surface area (Å²) < 4.78 is 25.9. The topological polar surface area (TPSA) is 119 Å². The summed E-state index contributed by atoms with van der Waals surface area (Å²) >= 11 is 0. The van der Waals surface area contributed by atoms with Gasteiger partial charge < -0.3 is 15.2 Å². The highest BCUT2D eigenvalue weighted by atomic mass is 32.2. The molecule has 0 atom stereocenters. The zero-order chi connectivity index (χ0) is 14.0. The molecule has 0 fully saturated rings. The van der Waals surface area contributed by atoms with E-state index in [9.17, 15) is 18.3 Å². The molecule has 7 nitrogen and oxygen atoms in total. The number of aromatic hydroxyl groups is 1. The van der Waals surface area contributed by atoms with Crippen molar-refractivity contribution in [1.82, 2.24) is 4.98 Å². The minimum Gasteiger partial charge on any atom is -0.505 e. The molecule has 0 spiro atoms. The van der Waals surface area contributed by atoms with Crippen molar-refractivity contribution in [3.63, 3.8) is 0 Å². The monoisotopic (exact) mass is 282 g/mol. The molecule has 0 aliphatic heterocycles. The molecular weight excluding hydrogens is 272 g/mol. The number of rotatable bonds is 4. The summed E-state index contributed by atoms with van der Waals surface area (Å²) in [5.41, 5.74) is -0.574. The van der Waals surface area contributed by atoms with Crippen molar-refractivity contribution in [1.29, 1.82) is 0 Å². The summed E-state index contributed by atoms with van der Waals surface area (Å²) in [6, 6.07) is 5.11. The number of anilines is 1. The van der Waals surface area contributed by atoms with Crippen molar-refractivity contribution in [2.45, 2.75) is 4.90 Å². The molecule has 4 N–H and O–H groups in total. The first kappa shape index (κ1) is 13.0. The zero-order valence-electron chi connectivity index (χ0n) is 9.49. The number of benzene rings is 1. The average molecular weight is 282 g/mol. The van der Waals surface area contributed by atoms with Crippen LogP contribution in [-0.2, 0) is 10.0 Å². The van der Waals surface area contributed by atoms with Crippen LogP contribution in [0.3, 0.4) is 0 Å². The van der Waals surface area contributed by atoms with Crippen LogP contribution in [0.4, 0.5) is 5.69 Å². The zero-order valence-corrected chi connectivity index (χ0v) is 10.3. The first-order chi connectivity index (χ1) is 8.92. The molecule has 8 heteroatoms. The molecule has 19 heavy (non-hydrogen) atoms. The number of H-pyrrole nitrogens is 1. The molecule has 0 saturated carbocycles. The highest BCUT2D eigenvalue weighted by molar-refractivity contribution is 7.92. The number of carbonyl (C=O) groups is 1. The fourth-order valence-corrected chi connectivity index (χ4v) is 2.52. The van der Waals surface area contributed by atoms with Gasteiger partial charge in [0, 0.05) is 12.4 Å². The number of sulfonamides is 1. The molecule has 1 aromatic heterocycles. The van der Waals surface area contributed by atoms with Crippen LogP contribution in [0, 0.1) is 0 Å². The van der Waals surface area contributed by atoms with Gasteiger partial charge >= 0.3 is 5.97 Å². The van der Waals surface area contributed by atoms with Gasteiger partial charge in [-0.25, -0.2) is 13.2 Å². The van der Waals surface area contributed by atoms with Crippen LogP contribution in [0.1, 0.15) is 10.4 Å². The number of hydrogen-bond acceptors (Lipinski definition) is 4. The van der Waals surface area contributed by atoms with Crippen molar-refractivity contribution in [3.05, 3.63) is 42.2 Å². The summed E-state index contributed by atoms with van der Waals surface area (Å²) in [7, 11) is -3.87. The second kappa shape index (κ2) is 4.65. The third kappa shape index (κ3) is 2.52. The molecule has 0 amide bonds. The van der Waals surface area contributed by atoms with Crippen molar-refractivity contribution < 1.29 is 23.4 Å². The Balaban J connectivity index is 2.40. The number of aromatic carboxylic acids is 1. The largest absolute Gasteiger partial charge is 0.505 e. The molecule has 100 valence electrons. The van der Waals surface area contributed by atoms with E-state index in [2.05, 4.69) is 9.71 Å². The number of aromatic nitrogens is 1. The lowest BCUT2D eigenvalue weighted by Crippen LogP contribution is -2.13. The first-order valence-corrected chi connectivity index (χ1v) is 6.61. The van der Waals surface area contributed by atoms with Crippen molar-refractivity contribution in [2.24, 2.45) is 0 Å². The molecular formula is C11H10N2O5S. The molecule has 1 aromatic carbocycles. The second-order valence-corrected chi connectivity index (χ2v) is 5.34. The third-order valence-electron chi connectivity index (χ3n) is 2.39. The lowest BCUT2D eigenvalue weighted by molar-refractivity contribution is 0.0694. The molecule has 1 heterocycles. The van der Waals surface area contributed by atoms with Crippen LogP contribution in [0.5, 0.6) is 5.75 Å². The number of aromatic amines is 1. The maximum Gasteiger partial charge on any atom is 0.339 e. The van der Waals surface area contributed by atoms with Crippen LogP contribution in [0.15, 0.2) is 41.6 Å². The third-order valence-corrected chi connectivity index (χ3v) is 3.75. The number of nitrogens with one attached hydrogen (secondary N) is 2. The van der Waals surface area contributed by atoms with Crippen LogP contribution in [0.25, 0.3) is 0 Å². The number of phenols is 1. The Labute approximate surface area is 108 Å². The van der Waals surface area contributed by atoms with E-state index in [-0.39, 0.29) is 16.1 Å². The fourth-order valence-electron chi connectivity index (χ4n) is 1.48. The first-order valence-electron chi connectivity index (χ1n) is 5.12. The number of para-hydroxylation sites is 1. The molecule has 0 bridgehead atoms. The Morgan fingerprint density at radius 1 is 1.26 bits per heavy atom. The smallest absolute Gasteiger partial charge is 0.339 e. The molecule has 2 aromatic rings. The van der Waals surface area contributed by atoms with E-state index in [0.717, 1.165) is 0 Å². The normalized spacial score (nSPS) is 11.2.